The summed E-state index contributed by atoms with van der Waals surface area (Å²) in [6.07, 6.45) is 3.76. The highest BCUT2D eigenvalue weighted by molar-refractivity contribution is 5.84. The number of nitrogens with one attached hydrogen (secondary N) is 1. The van der Waals surface area contributed by atoms with E-state index < -0.39 is 0 Å². The second-order valence-corrected chi connectivity index (χ2v) is 8.40. The number of nitrogens with zero attached hydrogens (tertiary/aromatic N) is 2. The summed E-state index contributed by atoms with van der Waals surface area (Å²) in [4.78, 5) is 29.5. The van der Waals surface area contributed by atoms with Crippen molar-refractivity contribution >= 4 is 11.8 Å². The predicted octanol–water partition coefficient (Wildman–Crippen LogP) is 1.98. The fourth-order valence-corrected chi connectivity index (χ4v) is 4.63. The smallest absolute Gasteiger partial charge is 0.240 e. The van der Waals surface area contributed by atoms with Gasteiger partial charge in [0.1, 0.15) is 0 Å². The molecule has 2 fully saturated rings. The minimum absolute atomic E-state index is 0.00842. The number of aryl methyl sites for hydroxylation is 3. The van der Waals surface area contributed by atoms with Crippen molar-refractivity contribution in [2.75, 3.05) is 45.9 Å². The van der Waals surface area contributed by atoms with Crippen molar-refractivity contribution in [1.82, 2.24) is 15.1 Å². The van der Waals surface area contributed by atoms with Crippen molar-refractivity contribution in [3.63, 3.8) is 0 Å². The molecule has 2 heterocycles. The third-order valence-electron chi connectivity index (χ3n) is 6.11. The van der Waals surface area contributed by atoms with E-state index in [4.69, 9.17) is 4.74 Å². The average molecular weight is 402 g/mol. The van der Waals surface area contributed by atoms with Gasteiger partial charge in [0.25, 0.3) is 0 Å². The molecule has 6 nitrogen and oxygen atoms in total. The predicted molar refractivity (Wildman–Crippen MR) is 114 cm³/mol. The molecule has 3 rings (SSSR count). The highest BCUT2D eigenvalue weighted by Gasteiger charge is 2.33. The van der Waals surface area contributed by atoms with Crippen LogP contribution in [0.2, 0.25) is 0 Å². The van der Waals surface area contributed by atoms with Crippen LogP contribution in [0.15, 0.2) is 12.1 Å². The Labute approximate surface area is 174 Å². The molecule has 29 heavy (non-hydrogen) atoms. The summed E-state index contributed by atoms with van der Waals surface area (Å²) in [5.41, 5.74) is 5.15. The van der Waals surface area contributed by atoms with Crippen molar-refractivity contribution in [1.29, 1.82) is 0 Å². The summed E-state index contributed by atoms with van der Waals surface area (Å²) >= 11 is 0. The van der Waals surface area contributed by atoms with Crippen LogP contribution in [0, 0.1) is 20.8 Å². The summed E-state index contributed by atoms with van der Waals surface area (Å²) in [7, 11) is 0. The number of carbonyl (C=O) groups excluding carboxylic acids is 2. The maximum Gasteiger partial charge on any atom is 0.240 e. The SMILES string of the molecule is Cc1cc(C)c(CCNC(=O)CN2CCCCC2C(=O)N2CCOCC2)c(C)c1. The molecule has 2 amide bonds. The molecule has 0 bridgehead atoms. The molecular formula is C23H35N3O3. The highest BCUT2D eigenvalue weighted by Crippen LogP contribution is 2.20. The summed E-state index contributed by atoms with van der Waals surface area (Å²) < 4.78 is 5.36. The van der Waals surface area contributed by atoms with Gasteiger partial charge in [0.2, 0.25) is 11.8 Å². The van der Waals surface area contributed by atoms with E-state index in [1.54, 1.807) is 0 Å². The van der Waals surface area contributed by atoms with Crippen molar-refractivity contribution in [3.8, 4) is 0 Å². The van der Waals surface area contributed by atoms with Gasteiger partial charge in [-0.2, -0.15) is 0 Å². The van der Waals surface area contributed by atoms with Crippen molar-refractivity contribution in [3.05, 3.63) is 34.4 Å². The molecule has 1 N–H and O–H groups in total. The lowest BCUT2D eigenvalue weighted by molar-refractivity contribution is -0.143. The molecule has 2 saturated heterocycles. The van der Waals surface area contributed by atoms with Gasteiger partial charge < -0.3 is 15.0 Å². The standard InChI is InChI=1S/C23H35N3O3/c1-17-14-18(2)20(19(3)15-17)7-8-24-22(27)16-26-9-5-4-6-21(26)23(28)25-10-12-29-13-11-25/h14-15,21H,4-13,16H2,1-3H3,(H,24,27). The normalized spacial score (nSPS) is 20.5. The Morgan fingerprint density at radius 3 is 2.45 bits per heavy atom. The third kappa shape index (κ3) is 5.80. The Balaban J connectivity index is 1.51. The van der Waals surface area contributed by atoms with Gasteiger partial charge in [0.15, 0.2) is 0 Å². The van der Waals surface area contributed by atoms with E-state index in [1.807, 2.05) is 4.90 Å². The zero-order chi connectivity index (χ0) is 20.8. The average Bonchev–Trinajstić information content (AvgIpc) is 2.70. The fraction of sp³-hybridized carbons (Fsp3) is 0.652. The monoisotopic (exact) mass is 401 g/mol. The Morgan fingerprint density at radius 1 is 1.07 bits per heavy atom. The molecule has 0 radical (unpaired) electrons. The van der Waals surface area contributed by atoms with Crippen LogP contribution in [-0.2, 0) is 20.7 Å². The summed E-state index contributed by atoms with van der Waals surface area (Å²) in [6.45, 7) is 10.6. The van der Waals surface area contributed by atoms with Gasteiger partial charge in [-0.15, -0.1) is 0 Å². The Bertz CT molecular complexity index is 705. The number of benzene rings is 1. The number of carbonyl (C=O) groups is 2. The van der Waals surface area contributed by atoms with Crippen molar-refractivity contribution in [2.24, 2.45) is 0 Å². The lowest BCUT2D eigenvalue weighted by Gasteiger charge is -2.38. The molecular weight excluding hydrogens is 366 g/mol. The molecule has 1 aromatic rings. The fourth-order valence-electron chi connectivity index (χ4n) is 4.63. The summed E-state index contributed by atoms with van der Waals surface area (Å²) in [6, 6.07) is 4.22. The molecule has 2 aliphatic heterocycles. The minimum atomic E-state index is -0.172. The molecule has 1 atom stereocenters. The van der Waals surface area contributed by atoms with Gasteiger partial charge in [-0.3, -0.25) is 14.5 Å². The van der Waals surface area contributed by atoms with Crippen LogP contribution < -0.4 is 5.32 Å². The largest absolute Gasteiger partial charge is 0.378 e. The third-order valence-corrected chi connectivity index (χ3v) is 6.11. The first-order chi connectivity index (χ1) is 14.0. The van der Waals surface area contributed by atoms with E-state index in [2.05, 4.69) is 43.1 Å². The van der Waals surface area contributed by atoms with Crippen LogP contribution in [0.3, 0.4) is 0 Å². The van der Waals surface area contributed by atoms with Gasteiger partial charge in [-0.1, -0.05) is 24.1 Å². The molecule has 2 aliphatic rings. The zero-order valence-corrected chi connectivity index (χ0v) is 18.1. The number of ether oxygens (including phenoxy) is 1. The minimum Gasteiger partial charge on any atom is -0.378 e. The molecule has 0 saturated carbocycles. The Morgan fingerprint density at radius 2 is 1.76 bits per heavy atom. The maximum absolute atomic E-state index is 12.9. The van der Waals surface area contributed by atoms with Crippen LogP contribution >= 0.6 is 0 Å². The van der Waals surface area contributed by atoms with Gasteiger partial charge >= 0.3 is 0 Å². The molecule has 0 aliphatic carbocycles. The quantitative estimate of drug-likeness (QED) is 0.792. The summed E-state index contributed by atoms with van der Waals surface area (Å²) in [5.74, 6) is 0.167. The molecule has 6 heteroatoms. The number of rotatable bonds is 6. The molecule has 1 unspecified atom stereocenters. The number of amides is 2. The van der Waals surface area contributed by atoms with Crippen LogP contribution in [0.5, 0.6) is 0 Å². The van der Waals surface area contributed by atoms with E-state index in [-0.39, 0.29) is 17.9 Å². The van der Waals surface area contributed by atoms with Gasteiger partial charge in [-0.25, -0.2) is 0 Å². The second-order valence-electron chi connectivity index (χ2n) is 8.40. The Hall–Kier alpha value is -1.92. The highest BCUT2D eigenvalue weighted by atomic mass is 16.5. The number of likely N-dealkylation sites (tertiary alicyclic amines) is 1. The van der Waals surface area contributed by atoms with E-state index in [1.165, 1.54) is 22.3 Å². The van der Waals surface area contributed by atoms with Gasteiger partial charge in [0, 0.05) is 19.6 Å². The van der Waals surface area contributed by atoms with E-state index in [9.17, 15) is 9.59 Å². The molecule has 0 aromatic heterocycles. The van der Waals surface area contributed by atoms with E-state index in [0.717, 1.165) is 32.2 Å². The first-order valence-electron chi connectivity index (χ1n) is 10.9. The maximum atomic E-state index is 12.9. The number of morpholine rings is 1. The van der Waals surface area contributed by atoms with Crippen LogP contribution in [0.25, 0.3) is 0 Å². The molecule has 160 valence electrons. The number of hydrogen-bond acceptors (Lipinski definition) is 4. The van der Waals surface area contributed by atoms with Crippen LogP contribution in [-0.4, -0.2) is 73.6 Å². The molecule has 1 aromatic carbocycles. The van der Waals surface area contributed by atoms with Gasteiger partial charge in [0.05, 0.1) is 25.8 Å². The van der Waals surface area contributed by atoms with Crippen molar-refractivity contribution < 1.29 is 14.3 Å². The second kappa shape index (κ2) is 10.2. The molecule has 0 spiro atoms. The summed E-state index contributed by atoms with van der Waals surface area (Å²) in [5, 5.41) is 3.06. The van der Waals surface area contributed by atoms with Crippen LogP contribution in [0.4, 0.5) is 0 Å². The lowest BCUT2D eigenvalue weighted by atomic mass is 9.97. The number of hydrogen-bond donors (Lipinski definition) is 1. The lowest BCUT2D eigenvalue weighted by Crippen LogP contribution is -2.55. The topological polar surface area (TPSA) is 61.9 Å². The van der Waals surface area contributed by atoms with Crippen molar-refractivity contribution in [2.45, 2.75) is 52.5 Å². The van der Waals surface area contributed by atoms with E-state index >= 15 is 0 Å². The van der Waals surface area contributed by atoms with Gasteiger partial charge in [-0.05, 0) is 63.3 Å². The Kier molecular flexibility index (Phi) is 7.67. The number of piperidine rings is 1. The first kappa shape index (κ1) is 21.8. The van der Waals surface area contributed by atoms with Crippen LogP contribution in [0.1, 0.15) is 41.5 Å². The first-order valence-corrected chi connectivity index (χ1v) is 10.9. The van der Waals surface area contributed by atoms with E-state index in [0.29, 0.717) is 39.4 Å². The zero-order valence-electron chi connectivity index (χ0n) is 18.1.